The van der Waals surface area contributed by atoms with Crippen molar-refractivity contribution < 1.29 is 4.52 Å². The second-order valence-corrected chi connectivity index (χ2v) is 3.98. The summed E-state index contributed by atoms with van der Waals surface area (Å²) in [4.78, 5) is 4.13. The zero-order valence-electron chi connectivity index (χ0n) is 10.0. The molecule has 1 aromatic heterocycles. The molecule has 0 fully saturated rings. The van der Waals surface area contributed by atoms with Gasteiger partial charge >= 0.3 is 0 Å². The van der Waals surface area contributed by atoms with E-state index in [-0.39, 0.29) is 0 Å². The van der Waals surface area contributed by atoms with E-state index in [9.17, 15) is 0 Å². The SMILES string of the molecule is Cc1nc(CCNc2ccc(C)c(N)c2)no1. The summed E-state index contributed by atoms with van der Waals surface area (Å²) in [5, 5.41) is 7.10. The van der Waals surface area contributed by atoms with Gasteiger partial charge in [-0.3, -0.25) is 0 Å². The minimum Gasteiger partial charge on any atom is -0.398 e. The van der Waals surface area contributed by atoms with Crippen molar-refractivity contribution in [3.8, 4) is 0 Å². The highest BCUT2D eigenvalue weighted by atomic mass is 16.5. The van der Waals surface area contributed by atoms with E-state index in [1.54, 1.807) is 6.92 Å². The second-order valence-electron chi connectivity index (χ2n) is 3.98. The van der Waals surface area contributed by atoms with Crippen molar-refractivity contribution in [3.63, 3.8) is 0 Å². The summed E-state index contributed by atoms with van der Waals surface area (Å²) in [6, 6.07) is 5.93. The summed E-state index contributed by atoms with van der Waals surface area (Å²) in [5.41, 5.74) is 8.72. The van der Waals surface area contributed by atoms with Gasteiger partial charge in [-0.25, -0.2) is 0 Å². The predicted molar refractivity (Wildman–Crippen MR) is 66.8 cm³/mol. The largest absolute Gasteiger partial charge is 0.398 e. The highest BCUT2D eigenvalue weighted by Gasteiger charge is 2.02. The van der Waals surface area contributed by atoms with Crippen LogP contribution in [0.4, 0.5) is 11.4 Å². The van der Waals surface area contributed by atoms with Crippen LogP contribution in [0.15, 0.2) is 22.7 Å². The topological polar surface area (TPSA) is 77.0 Å². The van der Waals surface area contributed by atoms with Crippen molar-refractivity contribution in [2.75, 3.05) is 17.6 Å². The van der Waals surface area contributed by atoms with Crippen LogP contribution < -0.4 is 11.1 Å². The number of hydrogen-bond acceptors (Lipinski definition) is 5. The fourth-order valence-electron chi connectivity index (χ4n) is 1.51. The highest BCUT2D eigenvalue weighted by Crippen LogP contribution is 2.16. The lowest BCUT2D eigenvalue weighted by atomic mass is 10.2. The lowest BCUT2D eigenvalue weighted by molar-refractivity contribution is 0.387. The molecule has 5 nitrogen and oxygen atoms in total. The monoisotopic (exact) mass is 232 g/mol. The first-order valence-electron chi connectivity index (χ1n) is 5.54. The summed E-state index contributed by atoms with van der Waals surface area (Å²) >= 11 is 0. The van der Waals surface area contributed by atoms with Crippen molar-refractivity contribution in [1.82, 2.24) is 10.1 Å². The van der Waals surface area contributed by atoms with Gasteiger partial charge in [0.05, 0.1) is 0 Å². The van der Waals surface area contributed by atoms with Crippen molar-refractivity contribution in [2.45, 2.75) is 20.3 Å². The number of rotatable bonds is 4. The van der Waals surface area contributed by atoms with Gasteiger partial charge in [-0.05, 0) is 24.6 Å². The maximum Gasteiger partial charge on any atom is 0.223 e. The molecule has 2 aromatic rings. The standard InChI is InChI=1S/C12H16N4O/c1-8-3-4-10(7-11(8)13)14-6-5-12-15-9(2)17-16-12/h3-4,7,14H,5-6,13H2,1-2H3. The van der Waals surface area contributed by atoms with Gasteiger partial charge in [-0.2, -0.15) is 4.98 Å². The van der Waals surface area contributed by atoms with Crippen LogP contribution in [-0.4, -0.2) is 16.7 Å². The minimum absolute atomic E-state index is 0.597. The van der Waals surface area contributed by atoms with Crippen LogP contribution in [0.1, 0.15) is 17.3 Å². The van der Waals surface area contributed by atoms with Gasteiger partial charge in [0.25, 0.3) is 0 Å². The van der Waals surface area contributed by atoms with Crippen LogP contribution in [0.25, 0.3) is 0 Å². The van der Waals surface area contributed by atoms with Crippen molar-refractivity contribution in [2.24, 2.45) is 0 Å². The molecule has 0 saturated carbocycles. The summed E-state index contributed by atoms with van der Waals surface area (Å²) in [6.07, 6.45) is 0.727. The summed E-state index contributed by atoms with van der Waals surface area (Å²) in [7, 11) is 0. The summed E-state index contributed by atoms with van der Waals surface area (Å²) < 4.78 is 4.89. The highest BCUT2D eigenvalue weighted by molar-refractivity contribution is 5.58. The molecule has 0 aliphatic rings. The van der Waals surface area contributed by atoms with Gasteiger partial charge < -0.3 is 15.6 Å². The number of nitrogens with two attached hydrogens (primary N) is 1. The molecule has 0 atom stereocenters. The molecule has 0 aliphatic carbocycles. The average molecular weight is 232 g/mol. The lowest BCUT2D eigenvalue weighted by Gasteiger charge is -2.07. The molecule has 0 saturated heterocycles. The second kappa shape index (κ2) is 4.86. The molecule has 0 aliphatic heterocycles. The van der Waals surface area contributed by atoms with Gasteiger partial charge in [-0.15, -0.1) is 0 Å². The molecule has 0 amide bonds. The first-order valence-corrected chi connectivity index (χ1v) is 5.54. The van der Waals surface area contributed by atoms with Crippen molar-refractivity contribution in [3.05, 3.63) is 35.5 Å². The molecule has 90 valence electrons. The van der Waals surface area contributed by atoms with Gasteiger partial charge in [0, 0.05) is 31.3 Å². The number of nitrogen functional groups attached to an aromatic ring is 1. The van der Waals surface area contributed by atoms with Crippen molar-refractivity contribution in [1.29, 1.82) is 0 Å². The Bertz CT molecular complexity index is 507. The van der Waals surface area contributed by atoms with Crippen LogP contribution in [-0.2, 0) is 6.42 Å². The normalized spacial score (nSPS) is 10.5. The minimum atomic E-state index is 0.597. The van der Waals surface area contributed by atoms with Crippen molar-refractivity contribution >= 4 is 11.4 Å². The number of benzene rings is 1. The zero-order valence-corrected chi connectivity index (χ0v) is 10.0. The van der Waals surface area contributed by atoms with Gasteiger partial charge in [0.15, 0.2) is 5.82 Å². The third-order valence-corrected chi connectivity index (χ3v) is 2.53. The molecule has 17 heavy (non-hydrogen) atoms. The van der Waals surface area contributed by atoms with Gasteiger partial charge in [-0.1, -0.05) is 11.2 Å². The Morgan fingerprint density at radius 1 is 1.35 bits per heavy atom. The summed E-state index contributed by atoms with van der Waals surface area (Å²) in [5.74, 6) is 1.31. The maximum atomic E-state index is 5.83. The molecule has 3 N–H and O–H groups in total. The third kappa shape index (κ3) is 2.96. The molecule has 1 aromatic carbocycles. The van der Waals surface area contributed by atoms with E-state index < -0.39 is 0 Å². The fourth-order valence-corrected chi connectivity index (χ4v) is 1.51. The quantitative estimate of drug-likeness (QED) is 0.787. The number of aromatic nitrogens is 2. The first-order chi connectivity index (χ1) is 8.15. The van der Waals surface area contributed by atoms with Gasteiger partial charge in [0.1, 0.15) is 0 Å². The van der Waals surface area contributed by atoms with E-state index in [0.717, 1.165) is 35.7 Å². The number of anilines is 2. The average Bonchev–Trinajstić information content (AvgIpc) is 2.70. The molecule has 0 spiro atoms. The zero-order chi connectivity index (χ0) is 12.3. The predicted octanol–water partition coefficient (Wildman–Crippen LogP) is 1.92. The van der Waals surface area contributed by atoms with E-state index in [0.29, 0.717) is 5.89 Å². The Hall–Kier alpha value is -2.04. The Morgan fingerprint density at radius 3 is 2.82 bits per heavy atom. The third-order valence-electron chi connectivity index (χ3n) is 2.53. The fraction of sp³-hybridized carbons (Fsp3) is 0.333. The molecular weight excluding hydrogens is 216 g/mol. The molecule has 5 heteroatoms. The molecular formula is C12H16N4O. The lowest BCUT2D eigenvalue weighted by Crippen LogP contribution is -2.06. The molecule has 0 bridgehead atoms. The number of nitrogens with one attached hydrogen (secondary N) is 1. The molecule has 0 unspecified atom stereocenters. The molecule has 1 heterocycles. The van der Waals surface area contributed by atoms with E-state index in [1.807, 2.05) is 25.1 Å². The van der Waals surface area contributed by atoms with Crippen LogP contribution in [0, 0.1) is 13.8 Å². The Balaban J connectivity index is 1.87. The summed E-state index contributed by atoms with van der Waals surface area (Å²) in [6.45, 7) is 4.52. The molecule has 2 rings (SSSR count). The van der Waals surface area contributed by atoms with Crippen LogP contribution in [0.5, 0.6) is 0 Å². The number of aryl methyl sites for hydroxylation is 2. The Kier molecular flexibility index (Phi) is 3.27. The maximum absolute atomic E-state index is 5.83. The smallest absolute Gasteiger partial charge is 0.223 e. The van der Waals surface area contributed by atoms with E-state index in [4.69, 9.17) is 10.3 Å². The Morgan fingerprint density at radius 2 is 2.18 bits per heavy atom. The van der Waals surface area contributed by atoms with E-state index >= 15 is 0 Å². The van der Waals surface area contributed by atoms with Crippen LogP contribution in [0.3, 0.4) is 0 Å². The van der Waals surface area contributed by atoms with Gasteiger partial charge in [0.2, 0.25) is 5.89 Å². The number of hydrogen-bond donors (Lipinski definition) is 2. The van der Waals surface area contributed by atoms with Crippen LogP contribution >= 0.6 is 0 Å². The first kappa shape index (κ1) is 11.4. The number of nitrogens with zero attached hydrogens (tertiary/aromatic N) is 2. The Labute approximate surface area is 100 Å². The molecule has 0 radical (unpaired) electrons. The van der Waals surface area contributed by atoms with Crippen LogP contribution in [0.2, 0.25) is 0 Å². The van der Waals surface area contributed by atoms with E-state index in [1.165, 1.54) is 0 Å². The van der Waals surface area contributed by atoms with E-state index in [2.05, 4.69) is 15.5 Å².